The Kier molecular flexibility index (Phi) is 6.69. The highest BCUT2D eigenvalue weighted by Crippen LogP contribution is 2.44. The molecule has 1 aliphatic rings. The minimum atomic E-state index is -0.277. The van der Waals surface area contributed by atoms with Crippen LogP contribution in [-0.4, -0.2) is 16.2 Å². The summed E-state index contributed by atoms with van der Waals surface area (Å²) in [5.41, 5.74) is 2.51. The molecule has 0 amide bonds. The summed E-state index contributed by atoms with van der Waals surface area (Å²) in [5.74, 6) is 2.16. The highest BCUT2D eigenvalue weighted by molar-refractivity contribution is 7.80. The molecule has 5 rings (SSSR count). The zero-order chi connectivity index (χ0) is 24.5. The van der Waals surface area contributed by atoms with Gasteiger partial charge in [-0.25, -0.2) is 0 Å². The van der Waals surface area contributed by atoms with E-state index < -0.39 is 0 Å². The van der Waals surface area contributed by atoms with Crippen molar-refractivity contribution in [3.63, 3.8) is 0 Å². The highest BCUT2D eigenvalue weighted by atomic mass is 35.5. The van der Waals surface area contributed by atoms with Crippen LogP contribution < -0.4 is 15.0 Å². The van der Waals surface area contributed by atoms with Gasteiger partial charge in [0.15, 0.2) is 5.11 Å². The Labute approximate surface area is 219 Å². The second-order valence-electron chi connectivity index (χ2n) is 8.46. The summed E-state index contributed by atoms with van der Waals surface area (Å²) in [6.07, 6.45) is 1.87. The zero-order valence-electron chi connectivity index (χ0n) is 19.1. The van der Waals surface area contributed by atoms with Crippen molar-refractivity contribution in [2.45, 2.75) is 32.0 Å². The van der Waals surface area contributed by atoms with Crippen molar-refractivity contribution < 1.29 is 9.15 Å². The molecule has 0 radical (unpaired) electrons. The van der Waals surface area contributed by atoms with Crippen molar-refractivity contribution in [2.75, 3.05) is 4.90 Å². The summed E-state index contributed by atoms with van der Waals surface area (Å²) in [7, 11) is 0. The fourth-order valence-corrected chi connectivity index (χ4v) is 4.97. The van der Waals surface area contributed by atoms with Crippen molar-refractivity contribution in [3.8, 4) is 17.1 Å². The number of nitrogens with one attached hydrogen (secondary N) is 1. The third kappa shape index (κ3) is 4.74. The van der Waals surface area contributed by atoms with Crippen molar-refractivity contribution in [1.82, 2.24) is 10.3 Å². The molecule has 8 heteroatoms. The van der Waals surface area contributed by atoms with Gasteiger partial charge in [-0.2, -0.15) is 0 Å². The van der Waals surface area contributed by atoms with E-state index in [2.05, 4.69) is 15.2 Å². The van der Waals surface area contributed by atoms with Crippen molar-refractivity contribution in [1.29, 1.82) is 0 Å². The second kappa shape index (κ2) is 9.90. The molecule has 4 aromatic rings. The summed E-state index contributed by atoms with van der Waals surface area (Å²) in [4.78, 5) is 6.64. The minimum absolute atomic E-state index is 0.0940. The van der Waals surface area contributed by atoms with Gasteiger partial charge in [0.05, 0.1) is 27.9 Å². The number of hydrogen-bond donors (Lipinski definition) is 1. The summed E-state index contributed by atoms with van der Waals surface area (Å²) in [6.45, 7) is 4.00. The van der Waals surface area contributed by atoms with E-state index in [1.54, 1.807) is 12.3 Å². The molecule has 2 aromatic carbocycles. The molecule has 1 N–H and O–H groups in total. The molecule has 3 heterocycles. The van der Waals surface area contributed by atoms with E-state index in [0.29, 0.717) is 20.9 Å². The minimum Gasteiger partial charge on any atom is -0.491 e. The van der Waals surface area contributed by atoms with Crippen LogP contribution in [0.4, 0.5) is 5.69 Å². The molecule has 178 valence electrons. The fourth-order valence-electron chi connectivity index (χ4n) is 4.23. The number of thiocarbonyl (C=S) groups is 1. The van der Waals surface area contributed by atoms with Crippen LogP contribution in [0, 0.1) is 0 Å². The molecule has 0 aliphatic carbocycles. The van der Waals surface area contributed by atoms with Crippen LogP contribution in [0.25, 0.3) is 11.3 Å². The van der Waals surface area contributed by atoms with E-state index in [1.165, 1.54) is 0 Å². The maximum Gasteiger partial charge on any atom is 0.174 e. The molecule has 5 nitrogen and oxygen atoms in total. The monoisotopic (exact) mass is 523 g/mol. The SMILES string of the molecule is CC(C)Oc1ccc(N2C(=S)N[C@@H](c3ccccn3)[C@@H]2c2ccc(-c3cccc(Cl)c3Cl)o2)cc1. The lowest BCUT2D eigenvalue weighted by Gasteiger charge is -2.26. The first-order chi connectivity index (χ1) is 16.9. The average Bonchev–Trinajstić information content (AvgIpc) is 3.46. The molecular formula is C27H23Cl2N3O2S. The van der Waals surface area contributed by atoms with Gasteiger partial charge < -0.3 is 19.4 Å². The smallest absolute Gasteiger partial charge is 0.174 e. The lowest BCUT2D eigenvalue weighted by molar-refractivity contribution is 0.242. The third-order valence-electron chi connectivity index (χ3n) is 5.72. The predicted molar refractivity (Wildman–Crippen MR) is 144 cm³/mol. The summed E-state index contributed by atoms with van der Waals surface area (Å²) >= 11 is 18.5. The standard InChI is InChI=1S/C27H23Cl2N3O2S/c1-16(2)33-18-11-9-17(10-12-18)32-26(25(31-27(32)35)21-8-3-4-15-30-21)23-14-13-22(34-23)19-6-5-7-20(28)24(19)29/h3-16,25-26H,1-2H3,(H,31,35)/t25-,26-/m0/s1. The second-order valence-corrected chi connectivity index (χ2v) is 9.63. The van der Waals surface area contributed by atoms with Crippen molar-refractivity contribution in [2.24, 2.45) is 0 Å². The van der Waals surface area contributed by atoms with Crippen molar-refractivity contribution >= 4 is 46.2 Å². The largest absolute Gasteiger partial charge is 0.491 e. The van der Waals surface area contributed by atoms with Gasteiger partial charge in [-0.05, 0) is 86.7 Å². The Morgan fingerprint density at radius 1 is 1.00 bits per heavy atom. The van der Waals surface area contributed by atoms with Gasteiger partial charge in [-0.3, -0.25) is 4.98 Å². The third-order valence-corrected chi connectivity index (χ3v) is 6.85. The van der Waals surface area contributed by atoms with Gasteiger partial charge in [0.25, 0.3) is 0 Å². The van der Waals surface area contributed by atoms with Crippen LogP contribution in [0.5, 0.6) is 5.75 Å². The number of ether oxygens (including phenoxy) is 1. The normalized spacial score (nSPS) is 17.6. The van der Waals surface area contributed by atoms with Gasteiger partial charge in [0, 0.05) is 17.4 Å². The molecule has 35 heavy (non-hydrogen) atoms. The summed E-state index contributed by atoms with van der Waals surface area (Å²) in [6, 6.07) is 22.6. The number of rotatable bonds is 6. The molecule has 0 unspecified atom stereocenters. The van der Waals surface area contributed by atoms with Gasteiger partial charge >= 0.3 is 0 Å². The number of pyridine rings is 1. The number of aromatic nitrogens is 1. The molecule has 0 bridgehead atoms. The molecule has 0 saturated carbocycles. The number of hydrogen-bond acceptors (Lipinski definition) is 4. The van der Waals surface area contributed by atoms with Crippen LogP contribution in [0.3, 0.4) is 0 Å². The molecule has 1 saturated heterocycles. The molecule has 1 aliphatic heterocycles. The average molecular weight is 524 g/mol. The highest BCUT2D eigenvalue weighted by Gasteiger charge is 2.42. The van der Waals surface area contributed by atoms with Crippen LogP contribution in [0.2, 0.25) is 10.0 Å². The van der Waals surface area contributed by atoms with Crippen LogP contribution >= 0.6 is 35.4 Å². The van der Waals surface area contributed by atoms with Gasteiger partial charge in [-0.1, -0.05) is 35.3 Å². The van der Waals surface area contributed by atoms with Crippen molar-refractivity contribution in [3.05, 3.63) is 100 Å². The van der Waals surface area contributed by atoms with Gasteiger partial charge in [0.2, 0.25) is 0 Å². The first-order valence-corrected chi connectivity index (χ1v) is 12.4. The van der Waals surface area contributed by atoms with E-state index >= 15 is 0 Å². The van der Waals surface area contributed by atoms with E-state index in [4.69, 9.17) is 44.6 Å². The molecule has 2 atom stereocenters. The Morgan fingerprint density at radius 3 is 2.51 bits per heavy atom. The van der Waals surface area contributed by atoms with E-state index in [1.807, 2.05) is 80.6 Å². The van der Waals surface area contributed by atoms with E-state index in [9.17, 15) is 0 Å². The topological polar surface area (TPSA) is 50.5 Å². The lowest BCUT2D eigenvalue weighted by atomic mass is 10.0. The number of furan rings is 1. The zero-order valence-corrected chi connectivity index (χ0v) is 21.4. The van der Waals surface area contributed by atoms with Crippen LogP contribution in [0.15, 0.2) is 83.4 Å². The molecule has 1 fully saturated rings. The lowest BCUT2D eigenvalue weighted by Crippen LogP contribution is -2.29. The van der Waals surface area contributed by atoms with E-state index in [0.717, 1.165) is 28.5 Å². The molecule has 0 spiro atoms. The Balaban J connectivity index is 1.56. The quantitative estimate of drug-likeness (QED) is 0.262. The maximum atomic E-state index is 6.46. The summed E-state index contributed by atoms with van der Waals surface area (Å²) in [5, 5.41) is 4.95. The predicted octanol–water partition coefficient (Wildman–Crippen LogP) is 7.61. The maximum absolute atomic E-state index is 6.46. The number of nitrogens with zero attached hydrogens (tertiary/aromatic N) is 2. The van der Waals surface area contributed by atoms with Gasteiger partial charge in [-0.15, -0.1) is 0 Å². The van der Waals surface area contributed by atoms with Crippen LogP contribution in [-0.2, 0) is 0 Å². The molecular weight excluding hydrogens is 501 g/mol. The fraction of sp³-hybridized carbons (Fsp3) is 0.185. The molecule has 2 aromatic heterocycles. The Morgan fingerprint density at radius 2 is 1.80 bits per heavy atom. The summed E-state index contributed by atoms with van der Waals surface area (Å²) < 4.78 is 12.2. The first-order valence-electron chi connectivity index (χ1n) is 11.2. The Bertz CT molecular complexity index is 1340. The number of halogens is 2. The first kappa shape index (κ1) is 23.7. The van der Waals surface area contributed by atoms with E-state index in [-0.39, 0.29) is 18.2 Å². The van der Waals surface area contributed by atoms with Gasteiger partial charge in [0.1, 0.15) is 23.3 Å². The Hall–Kier alpha value is -3.06. The number of benzene rings is 2. The van der Waals surface area contributed by atoms with Crippen LogP contribution in [0.1, 0.15) is 37.4 Å². The number of anilines is 1.